The Hall–Kier alpha value is -0.470. The van der Waals surface area contributed by atoms with E-state index in [0.717, 1.165) is 23.8 Å². The van der Waals surface area contributed by atoms with Crippen LogP contribution >= 0.6 is 23.2 Å². The van der Waals surface area contributed by atoms with Gasteiger partial charge in [0, 0.05) is 24.7 Å². The van der Waals surface area contributed by atoms with Gasteiger partial charge in [0.2, 0.25) is 0 Å². The lowest BCUT2D eigenvalue weighted by molar-refractivity contribution is 0.550. The van der Waals surface area contributed by atoms with Gasteiger partial charge in [0.05, 0.1) is 5.02 Å². The summed E-state index contributed by atoms with van der Waals surface area (Å²) in [6, 6.07) is 2.73. The van der Waals surface area contributed by atoms with Crippen molar-refractivity contribution in [3.63, 3.8) is 0 Å². The summed E-state index contributed by atoms with van der Waals surface area (Å²) in [5.74, 6) is 2.38. The fraction of sp³-hybridized carbons (Fsp3) is 0.583. The van der Waals surface area contributed by atoms with E-state index in [9.17, 15) is 0 Å². The van der Waals surface area contributed by atoms with Crippen molar-refractivity contribution in [1.29, 1.82) is 0 Å². The number of aromatic nitrogens is 1. The first-order chi connectivity index (χ1) is 7.78. The van der Waals surface area contributed by atoms with E-state index >= 15 is 0 Å². The third-order valence-electron chi connectivity index (χ3n) is 3.77. The molecule has 1 aromatic heterocycles. The van der Waals surface area contributed by atoms with Crippen molar-refractivity contribution in [2.75, 3.05) is 11.4 Å². The molecule has 2 heterocycles. The van der Waals surface area contributed by atoms with Crippen LogP contribution in [0.1, 0.15) is 24.8 Å². The number of anilines is 1. The van der Waals surface area contributed by atoms with Crippen molar-refractivity contribution in [3.8, 4) is 0 Å². The summed E-state index contributed by atoms with van der Waals surface area (Å²) in [5.41, 5.74) is 0.983. The second-order valence-corrected chi connectivity index (χ2v) is 5.43. The number of halogens is 2. The maximum Gasteiger partial charge on any atom is 0.129 e. The molecule has 1 saturated heterocycles. The highest BCUT2D eigenvalue weighted by Gasteiger charge is 2.38. The van der Waals surface area contributed by atoms with E-state index in [1.54, 1.807) is 6.20 Å². The van der Waals surface area contributed by atoms with Crippen molar-refractivity contribution in [3.05, 3.63) is 22.8 Å². The highest BCUT2D eigenvalue weighted by molar-refractivity contribution is 6.32. The van der Waals surface area contributed by atoms with E-state index in [1.807, 2.05) is 6.07 Å². The Morgan fingerprint density at radius 3 is 2.94 bits per heavy atom. The third-order valence-corrected chi connectivity index (χ3v) is 4.40. The van der Waals surface area contributed by atoms with Gasteiger partial charge in [-0.3, -0.25) is 0 Å². The topological polar surface area (TPSA) is 16.1 Å². The van der Waals surface area contributed by atoms with Gasteiger partial charge in [-0.05, 0) is 36.8 Å². The summed E-state index contributed by atoms with van der Waals surface area (Å²) in [6.07, 6.45) is 5.75. The minimum atomic E-state index is 0.455. The van der Waals surface area contributed by atoms with E-state index in [0.29, 0.717) is 16.9 Å². The lowest BCUT2D eigenvalue weighted by Crippen LogP contribution is -2.32. The summed E-state index contributed by atoms with van der Waals surface area (Å²) in [7, 11) is 0. The maximum atomic E-state index is 6.02. The molecule has 86 valence electrons. The highest BCUT2D eigenvalue weighted by atomic mass is 35.5. The molecule has 3 rings (SSSR count). The molecule has 4 heteroatoms. The zero-order valence-corrected chi connectivity index (χ0v) is 10.5. The molecule has 2 unspecified atom stereocenters. The van der Waals surface area contributed by atoms with Gasteiger partial charge in [0.1, 0.15) is 5.82 Å². The SMILES string of the molecule is ClCc1cc(N2CC3CCC2C3)ncc1Cl. The molecule has 1 aliphatic heterocycles. The molecular formula is C12H14Cl2N2. The first-order valence-corrected chi connectivity index (χ1v) is 6.66. The molecular weight excluding hydrogens is 243 g/mol. The number of piperidine rings is 1. The molecule has 0 spiro atoms. The van der Waals surface area contributed by atoms with Crippen molar-refractivity contribution >= 4 is 29.0 Å². The van der Waals surface area contributed by atoms with E-state index in [2.05, 4.69) is 9.88 Å². The van der Waals surface area contributed by atoms with Crippen LogP contribution in [0.15, 0.2) is 12.3 Å². The van der Waals surface area contributed by atoms with Gasteiger partial charge in [0.25, 0.3) is 0 Å². The fourth-order valence-electron chi connectivity index (χ4n) is 2.93. The van der Waals surface area contributed by atoms with Crippen molar-refractivity contribution < 1.29 is 0 Å². The molecule has 0 amide bonds. The number of pyridine rings is 1. The van der Waals surface area contributed by atoms with Crippen molar-refractivity contribution in [1.82, 2.24) is 4.98 Å². The lowest BCUT2D eigenvalue weighted by atomic mass is 10.1. The average molecular weight is 257 g/mol. The number of nitrogens with zero attached hydrogens (tertiary/aromatic N) is 2. The average Bonchev–Trinajstić information content (AvgIpc) is 2.91. The summed E-state index contributed by atoms with van der Waals surface area (Å²) in [4.78, 5) is 6.84. The first-order valence-electron chi connectivity index (χ1n) is 5.75. The van der Waals surface area contributed by atoms with Crippen LogP contribution in [0.25, 0.3) is 0 Å². The van der Waals surface area contributed by atoms with E-state index < -0.39 is 0 Å². The Morgan fingerprint density at radius 2 is 2.31 bits per heavy atom. The molecule has 1 aliphatic carbocycles. The Bertz CT molecular complexity index is 408. The predicted molar refractivity (Wildman–Crippen MR) is 67.3 cm³/mol. The molecule has 2 fully saturated rings. The molecule has 2 nitrogen and oxygen atoms in total. The molecule has 0 N–H and O–H groups in total. The summed E-state index contributed by atoms with van der Waals surface area (Å²) in [5, 5.41) is 0.670. The quantitative estimate of drug-likeness (QED) is 0.754. The van der Waals surface area contributed by atoms with Gasteiger partial charge in [-0.1, -0.05) is 11.6 Å². The minimum absolute atomic E-state index is 0.455. The smallest absolute Gasteiger partial charge is 0.129 e. The molecule has 1 saturated carbocycles. The Morgan fingerprint density at radius 1 is 1.44 bits per heavy atom. The second-order valence-electron chi connectivity index (χ2n) is 4.75. The monoisotopic (exact) mass is 256 g/mol. The normalized spacial score (nSPS) is 27.8. The fourth-order valence-corrected chi connectivity index (χ4v) is 3.39. The summed E-state index contributed by atoms with van der Waals surface area (Å²) >= 11 is 11.9. The van der Waals surface area contributed by atoms with Gasteiger partial charge in [-0.2, -0.15) is 0 Å². The van der Waals surface area contributed by atoms with Crippen LogP contribution in [0, 0.1) is 5.92 Å². The zero-order chi connectivity index (χ0) is 11.1. The number of hydrogen-bond acceptors (Lipinski definition) is 2. The zero-order valence-electron chi connectivity index (χ0n) is 9.00. The van der Waals surface area contributed by atoms with Gasteiger partial charge in [-0.15, -0.1) is 11.6 Å². The summed E-state index contributed by atoms with van der Waals surface area (Å²) < 4.78 is 0. The van der Waals surface area contributed by atoms with Crippen LogP contribution in [-0.2, 0) is 5.88 Å². The van der Waals surface area contributed by atoms with E-state index in [1.165, 1.54) is 19.3 Å². The Labute approximate surface area is 106 Å². The third kappa shape index (κ3) is 1.68. The molecule has 2 bridgehead atoms. The molecule has 1 aromatic rings. The number of rotatable bonds is 2. The van der Waals surface area contributed by atoms with Crippen LogP contribution < -0.4 is 4.90 Å². The Balaban J connectivity index is 1.89. The van der Waals surface area contributed by atoms with Crippen LogP contribution in [0.2, 0.25) is 5.02 Å². The molecule has 16 heavy (non-hydrogen) atoms. The van der Waals surface area contributed by atoms with Gasteiger partial charge in [0.15, 0.2) is 0 Å². The molecule has 2 atom stereocenters. The lowest BCUT2D eigenvalue weighted by Gasteiger charge is -2.28. The standard InChI is InChI=1S/C12H14Cl2N2/c13-5-9-4-12(15-6-11(9)14)16-7-8-1-2-10(16)3-8/h4,6,8,10H,1-3,5,7H2. The van der Waals surface area contributed by atoms with Gasteiger partial charge < -0.3 is 4.90 Å². The second kappa shape index (κ2) is 4.08. The largest absolute Gasteiger partial charge is 0.353 e. The van der Waals surface area contributed by atoms with Crippen molar-refractivity contribution in [2.45, 2.75) is 31.2 Å². The minimum Gasteiger partial charge on any atom is -0.353 e. The number of alkyl halides is 1. The van der Waals surface area contributed by atoms with Crippen LogP contribution in [0.4, 0.5) is 5.82 Å². The number of hydrogen-bond donors (Lipinski definition) is 0. The highest BCUT2D eigenvalue weighted by Crippen LogP contribution is 2.40. The summed E-state index contributed by atoms with van der Waals surface area (Å²) in [6.45, 7) is 1.15. The first kappa shape index (κ1) is 10.7. The molecule has 0 radical (unpaired) electrons. The number of fused-ring (bicyclic) bond motifs is 2. The van der Waals surface area contributed by atoms with Crippen LogP contribution in [-0.4, -0.2) is 17.6 Å². The predicted octanol–water partition coefficient (Wildman–Crippen LogP) is 3.46. The van der Waals surface area contributed by atoms with Gasteiger partial charge in [-0.25, -0.2) is 4.98 Å². The van der Waals surface area contributed by atoms with E-state index in [-0.39, 0.29) is 0 Å². The molecule has 0 aromatic carbocycles. The van der Waals surface area contributed by atoms with Crippen molar-refractivity contribution in [2.24, 2.45) is 5.92 Å². The van der Waals surface area contributed by atoms with E-state index in [4.69, 9.17) is 23.2 Å². The Kier molecular flexibility index (Phi) is 2.72. The van der Waals surface area contributed by atoms with Gasteiger partial charge >= 0.3 is 0 Å². The molecule has 2 aliphatic rings. The van der Waals surface area contributed by atoms with Crippen LogP contribution in [0.5, 0.6) is 0 Å². The maximum absolute atomic E-state index is 6.02. The van der Waals surface area contributed by atoms with Crippen LogP contribution in [0.3, 0.4) is 0 Å².